The van der Waals surface area contributed by atoms with E-state index >= 15 is 0 Å². The predicted octanol–water partition coefficient (Wildman–Crippen LogP) is 5.38. The molecule has 133 valence electrons. The van der Waals surface area contributed by atoms with Crippen molar-refractivity contribution in [1.29, 1.82) is 0 Å². The molecule has 1 N–H and O–H groups in total. The standard InChI is InChI=1S/C23H18ClN2O/c1-26(2)18-10-8-16(9-11-18)19-12-17-13-20(15-6-4-3-5-7-15)23(27)25-22(17)14-21(19)24/h3-6,8-14H,1-2H3,(H,25,27). The summed E-state index contributed by atoms with van der Waals surface area (Å²) >= 11 is 6.51. The minimum absolute atomic E-state index is 0.149. The van der Waals surface area contributed by atoms with Crippen molar-refractivity contribution in [2.24, 2.45) is 0 Å². The average Bonchev–Trinajstić information content (AvgIpc) is 2.68. The van der Waals surface area contributed by atoms with Crippen molar-refractivity contribution in [2.75, 3.05) is 19.0 Å². The highest BCUT2D eigenvalue weighted by Crippen LogP contribution is 2.33. The molecule has 4 heteroatoms. The average molecular weight is 374 g/mol. The number of benzene rings is 3. The molecule has 0 atom stereocenters. The van der Waals surface area contributed by atoms with Gasteiger partial charge in [-0.2, -0.15) is 0 Å². The molecule has 0 amide bonds. The van der Waals surface area contributed by atoms with Crippen molar-refractivity contribution in [3.63, 3.8) is 0 Å². The Morgan fingerprint density at radius 2 is 1.70 bits per heavy atom. The number of aromatic amines is 1. The van der Waals surface area contributed by atoms with Gasteiger partial charge in [0, 0.05) is 36.4 Å². The molecule has 4 aromatic rings. The SMILES string of the molecule is CN(C)c1ccc(-c2cc3cc(-c4[c]cccc4)c(=O)[nH]c3cc2Cl)cc1. The first-order chi connectivity index (χ1) is 13.0. The van der Waals surface area contributed by atoms with Crippen LogP contribution in [0.2, 0.25) is 5.02 Å². The van der Waals surface area contributed by atoms with Crippen LogP contribution in [0.15, 0.2) is 71.5 Å². The summed E-state index contributed by atoms with van der Waals surface area (Å²) in [7, 11) is 4.02. The Bertz CT molecular complexity index is 1160. The van der Waals surface area contributed by atoms with Gasteiger partial charge in [0.15, 0.2) is 0 Å². The van der Waals surface area contributed by atoms with Crippen molar-refractivity contribution in [3.8, 4) is 22.3 Å². The molecule has 1 radical (unpaired) electrons. The molecule has 0 aliphatic heterocycles. The minimum atomic E-state index is -0.149. The number of aromatic nitrogens is 1. The largest absolute Gasteiger partial charge is 0.378 e. The molecule has 0 aliphatic carbocycles. The maximum Gasteiger partial charge on any atom is 0.256 e. The predicted molar refractivity (Wildman–Crippen MR) is 114 cm³/mol. The van der Waals surface area contributed by atoms with Crippen LogP contribution in [0.5, 0.6) is 0 Å². The second-order valence-electron chi connectivity index (χ2n) is 6.65. The van der Waals surface area contributed by atoms with Crippen LogP contribution in [0, 0.1) is 6.07 Å². The minimum Gasteiger partial charge on any atom is -0.378 e. The molecule has 0 bridgehead atoms. The van der Waals surface area contributed by atoms with E-state index in [0.717, 1.165) is 33.3 Å². The Morgan fingerprint density at radius 1 is 0.963 bits per heavy atom. The number of pyridine rings is 1. The Hall–Kier alpha value is -3.04. The first-order valence-electron chi connectivity index (χ1n) is 8.64. The molecule has 0 saturated carbocycles. The number of H-pyrrole nitrogens is 1. The van der Waals surface area contributed by atoms with E-state index in [-0.39, 0.29) is 5.56 Å². The third kappa shape index (κ3) is 3.34. The molecule has 0 aliphatic rings. The van der Waals surface area contributed by atoms with Gasteiger partial charge in [-0.3, -0.25) is 4.79 Å². The number of halogens is 1. The van der Waals surface area contributed by atoms with Crippen LogP contribution in [0.4, 0.5) is 5.69 Å². The van der Waals surface area contributed by atoms with E-state index in [1.54, 1.807) is 6.07 Å². The van der Waals surface area contributed by atoms with Gasteiger partial charge in [-0.05, 0) is 52.9 Å². The van der Waals surface area contributed by atoms with E-state index in [9.17, 15) is 4.79 Å². The number of nitrogens with zero attached hydrogens (tertiary/aromatic N) is 1. The van der Waals surface area contributed by atoms with E-state index in [2.05, 4.69) is 40.2 Å². The van der Waals surface area contributed by atoms with Gasteiger partial charge < -0.3 is 9.88 Å². The Morgan fingerprint density at radius 3 is 2.37 bits per heavy atom. The van der Waals surface area contributed by atoms with Gasteiger partial charge in [-0.15, -0.1) is 0 Å². The van der Waals surface area contributed by atoms with E-state index in [0.29, 0.717) is 10.6 Å². The fourth-order valence-electron chi connectivity index (χ4n) is 3.15. The number of fused-ring (bicyclic) bond motifs is 1. The fraction of sp³-hybridized carbons (Fsp3) is 0.0870. The van der Waals surface area contributed by atoms with Crippen molar-refractivity contribution >= 4 is 28.2 Å². The van der Waals surface area contributed by atoms with Gasteiger partial charge in [0.25, 0.3) is 5.56 Å². The smallest absolute Gasteiger partial charge is 0.256 e. The summed E-state index contributed by atoms with van der Waals surface area (Å²) in [6.45, 7) is 0. The molecule has 1 aromatic heterocycles. The van der Waals surface area contributed by atoms with Crippen LogP contribution in [-0.2, 0) is 0 Å². The molecule has 0 unspecified atom stereocenters. The van der Waals surface area contributed by atoms with Crippen molar-refractivity contribution in [3.05, 3.63) is 88.2 Å². The van der Waals surface area contributed by atoms with E-state index < -0.39 is 0 Å². The fourth-order valence-corrected chi connectivity index (χ4v) is 3.42. The summed E-state index contributed by atoms with van der Waals surface area (Å²) in [5.41, 5.74) is 5.03. The summed E-state index contributed by atoms with van der Waals surface area (Å²) in [6, 6.07) is 24.5. The molecule has 0 fully saturated rings. The highest BCUT2D eigenvalue weighted by molar-refractivity contribution is 6.34. The number of anilines is 1. The molecule has 3 aromatic carbocycles. The number of nitrogens with one attached hydrogen (secondary N) is 1. The van der Waals surface area contributed by atoms with Crippen molar-refractivity contribution in [1.82, 2.24) is 4.98 Å². The summed E-state index contributed by atoms with van der Waals surface area (Å²) in [5, 5.41) is 1.53. The third-order valence-corrected chi connectivity index (χ3v) is 4.94. The molecule has 0 saturated heterocycles. The van der Waals surface area contributed by atoms with Gasteiger partial charge >= 0.3 is 0 Å². The second kappa shape index (κ2) is 6.93. The van der Waals surface area contributed by atoms with Crippen LogP contribution in [0.3, 0.4) is 0 Å². The zero-order valence-corrected chi connectivity index (χ0v) is 15.8. The topological polar surface area (TPSA) is 36.1 Å². The monoisotopic (exact) mass is 373 g/mol. The van der Waals surface area contributed by atoms with E-state index in [1.165, 1.54) is 0 Å². The van der Waals surface area contributed by atoms with E-state index in [1.807, 2.05) is 50.5 Å². The molecule has 1 heterocycles. The first kappa shape index (κ1) is 17.4. The van der Waals surface area contributed by atoms with Gasteiger partial charge in [-0.25, -0.2) is 0 Å². The summed E-state index contributed by atoms with van der Waals surface area (Å²) in [4.78, 5) is 17.5. The first-order valence-corrected chi connectivity index (χ1v) is 9.02. The van der Waals surface area contributed by atoms with Crippen LogP contribution < -0.4 is 10.5 Å². The van der Waals surface area contributed by atoms with Gasteiger partial charge in [0.05, 0.1) is 5.02 Å². The zero-order chi connectivity index (χ0) is 19.0. The molecule has 3 nitrogen and oxygen atoms in total. The summed E-state index contributed by atoms with van der Waals surface area (Å²) < 4.78 is 0. The molecular weight excluding hydrogens is 356 g/mol. The third-order valence-electron chi connectivity index (χ3n) is 4.63. The highest BCUT2D eigenvalue weighted by Gasteiger charge is 2.10. The Balaban J connectivity index is 1.86. The molecule has 4 rings (SSSR count). The number of hydrogen-bond donors (Lipinski definition) is 1. The second-order valence-corrected chi connectivity index (χ2v) is 7.06. The molecule has 0 spiro atoms. The van der Waals surface area contributed by atoms with Gasteiger partial charge in [0.1, 0.15) is 0 Å². The van der Waals surface area contributed by atoms with Gasteiger partial charge in [-0.1, -0.05) is 48.0 Å². The summed E-state index contributed by atoms with van der Waals surface area (Å²) in [5.74, 6) is 0. The Labute approximate surface area is 162 Å². The zero-order valence-electron chi connectivity index (χ0n) is 15.1. The summed E-state index contributed by atoms with van der Waals surface area (Å²) in [6.07, 6.45) is 0. The lowest BCUT2D eigenvalue weighted by Gasteiger charge is -2.13. The lowest BCUT2D eigenvalue weighted by Crippen LogP contribution is -2.08. The highest BCUT2D eigenvalue weighted by atomic mass is 35.5. The van der Waals surface area contributed by atoms with Crippen LogP contribution in [0.25, 0.3) is 33.2 Å². The maximum absolute atomic E-state index is 12.5. The number of hydrogen-bond acceptors (Lipinski definition) is 2. The van der Waals surface area contributed by atoms with Crippen molar-refractivity contribution in [2.45, 2.75) is 0 Å². The molecule has 27 heavy (non-hydrogen) atoms. The van der Waals surface area contributed by atoms with Gasteiger partial charge in [0.2, 0.25) is 0 Å². The van der Waals surface area contributed by atoms with Crippen LogP contribution in [0.1, 0.15) is 0 Å². The van der Waals surface area contributed by atoms with Crippen LogP contribution in [-0.4, -0.2) is 19.1 Å². The van der Waals surface area contributed by atoms with Crippen LogP contribution >= 0.6 is 11.6 Å². The molecular formula is C23H18ClN2O. The quantitative estimate of drug-likeness (QED) is 0.523. The lowest BCUT2D eigenvalue weighted by atomic mass is 10.0. The van der Waals surface area contributed by atoms with E-state index in [4.69, 9.17) is 11.6 Å². The van der Waals surface area contributed by atoms with Crippen molar-refractivity contribution < 1.29 is 0 Å². The lowest BCUT2D eigenvalue weighted by molar-refractivity contribution is 1.13. The number of rotatable bonds is 3. The normalized spacial score (nSPS) is 10.9. The maximum atomic E-state index is 12.5. The Kier molecular flexibility index (Phi) is 4.46.